The summed E-state index contributed by atoms with van der Waals surface area (Å²) >= 11 is 0. The first-order chi connectivity index (χ1) is 10.3. The molecular weight excluding hydrogens is 270 g/mol. The largest absolute Gasteiger partial charge is 0.508 e. The predicted octanol–water partition coefficient (Wildman–Crippen LogP) is 1.58. The van der Waals surface area contributed by atoms with E-state index in [2.05, 4.69) is 20.3 Å². The summed E-state index contributed by atoms with van der Waals surface area (Å²) in [6.45, 7) is 1.17. The lowest BCUT2D eigenvalue weighted by atomic mass is 10.2. The summed E-state index contributed by atoms with van der Waals surface area (Å²) in [7, 11) is 1.64. The van der Waals surface area contributed by atoms with Crippen LogP contribution in [0.4, 0.5) is 5.82 Å². The monoisotopic (exact) mass is 285 g/mol. The van der Waals surface area contributed by atoms with E-state index in [-0.39, 0.29) is 5.75 Å². The number of methoxy groups -OCH3 is 1. The van der Waals surface area contributed by atoms with Gasteiger partial charge in [-0.1, -0.05) is 0 Å². The maximum Gasteiger partial charge on any atom is 0.237 e. The Labute approximate surface area is 121 Å². The van der Waals surface area contributed by atoms with E-state index in [9.17, 15) is 5.11 Å². The Morgan fingerprint density at radius 1 is 1.33 bits per heavy atom. The number of phenols is 1. The summed E-state index contributed by atoms with van der Waals surface area (Å²) in [6, 6.07) is 5.00. The normalized spacial score (nSPS) is 10.9. The van der Waals surface area contributed by atoms with E-state index in [0.717, 1.165) is 10.9 Å². The van der Waals surface area contributed by atoms with Gasteiger partial charge in [0.05, 0.1) is 12.1 Å². The van der Waals surface area contributed by atoms with Crippen molar-refractivity contribution in [2.45, 2.75) is 0 Å². The molecule has 2 heterocycles. The zero-order valence-electron chi connectivity index (χ0n) is 11.5. The molecule has 0 aliphatic heterocycles. The Bertz CT molecular complexity index is 742. The van der Waals surface area contributed by atoms with E-state index < -0.39 is 0 Å². The second-order valence-corrected chi connectivity index (χ2v) is 4.46. The fourth-order valence-corrected chi connectivity index (χ4v) is 2.00. The third kappa shape index (κ3) is 2.77. The summed E-state index contributed by atoms with van der Waals surface area (Å²) in [6.07, 6.45) is 5.09. The molecule has 1 aromatic carbocycles. The molecule has 0 spiro atoms. The number of aromatic hydroxyl groups is 1. The molecule has 3 aromatic rings. The second kappa shape index (κ2) is 5.76. The molecule has 0 aliphatic rings. The van der Waals surface area contributed by atoms with Crippen LogP contribution in [0.5, 0.6) is 5.75 Å². The van der Waals surface area contributed by atoms with Crippen LogP contribution in [0.1, 0.15) is 0 Å². The van der Waals surface area contributed by atoms with E-state index in [1.54, 1.807) is 48.6 Å². The third-order valence-corrected chi connectivity index (χ3v) is 3.00. The van der Waals surface area contributed by atoms with Crippen molar-refractivity contribution in [2.24, 2.45) is 0 Å². The second-order valence-electron chi connectivity index (χ2n) is 4.46. The zero-order valence-corrected chi connectivity index (χ0v) is 11.5. The number of anilines is 1. The van der Waals surface area contributed by atoms with Gasteiger partial charge in [-0.15, -0.1) is 0 Å². The number of fused-ring (bicyclic) bond motifs is 1. The van der Waals surface area contributed by atoms with Crippen molar-refractivity contribution in [3.05, 3.63) is 36.9 Å². The molecule has 0 saturated heterocycles. The average molecular weight is 285 g/mol. The molecule has 0 unspecified atom stereocenters. The summed E-state index contributed by atoms with van der Waals surface area (Å²) < 4.78 is 6.76. The lowest BCUT2D eigenvalue weighted by Crippen LogP contribution is -2.11. The Morgan fingerprint density at radius 2 is 2.24 bits per heavy atom. The standard InChI is InChI=1S/C14H15N5O2/c1-21-7-5-16-13-11-8-10(20)2-3-12(11)17-14(18-13)19-6-4-15-9-19/h2-4,6,8-9,20H,5,7H2,1H3,(H,16,17,18). The predicted molar refractivity (Wildman–Crippen MR) is 78.7 cm³/mol. The summed E-state index contributed by atoms with van der Waals surface area (Å²) in [5, 5.41) is 13.6. The number of nitrogens with zero attached hydrogens (tertiary/aromatic N) is 4. The number of rotatable bonds is 5. The molecule has 7 heteroatoms. The van der Waals surface area contributed by atoms with Gasteiger partial charge in [-0.2, -0.15) is 4.98 Å². The number of benzene rings is 1. The smallest absolute Gasteiger partial charge is 0.237 e. The van der Waals surface area contributed by atoms with Crippen molar-refractivity contribution in [2.75, 3.05) is 25.6 Å². The van der Waals surface area contributed by atoms with Crippen molar-refractivity contribution < 1.29 is 9.84 Å². The first kappa shape index (κ1) is 13.3. The van der Waals surface area contributed by atoms with E-state index in [1.165, 1.54) is 0 Å². The first-order valence-corrected chi connectivity index (χ1v) is 6.50. The van der Waals surface area contributed by atoms with E-state index in [1.807, 2.05) is 0 Å². The van der Waals surface area contributed by atoms with Crippen molar-refractivity contribution in [1.82, 2.24) is 19.5 Å². The number of phenolic OH excluding ortho intramolecular Hbond substituents is 1. The number of hydrogen-bond acceptors (Lipinski definition) is 6. The number of hydrogen-bond donors (Lipinski definition) is 2. The lowest BCUT2D eigenvalue weighted by Gasteiger charge is -2.11. The van der Waals surface area contributed by atoms with Crippen LogP contribution in [0.3, 0.4) is 0 Å². The Morgan fingerprint density at radius 3 is 3.00 bits per heavy atom. The van der Waals surface area contributed by atoms with Gasteiger partial charge in [0.15, 0.2) is 0 Å². The van der Waals surface area contributed by atoms with Gasteiger partial charge in [0, 0.05) is 31.4 Å². The molecule has 0 radical (unpaired) electrons. The fraction of sp³-hybridized carbons (Fsp3) is 0.214. The van der Waals surface area contributed by atoms with Gasteiger partial charge in [-0.05, 0) is 18.2 Å². The van der Waals surface area contributed by atoms with Crippen LogP contribution in [0.25, 0.3) is 16.9 Å². The van der Waals surface area contributed by atoms with Crippen LogP contribution in [0, 0.1) is 0 Å². The molecule has 0 aliphatic carbocycles. The quantitative estimate of drug-likeness (QED) is 0.692. The van der Waals surface area contributed by atoms with Gasteiger partial charge in [0.2, 0.25) is 5.95 Å². The van der Waals surface area contributed by atoms with Gasteiger partial charge >= 0.3 is 0 Å². The van der Waals surface area contributed by atoms with Gasteiger partial charge in [-0.3, -0.25) is 4.57 Å². The highest BCUT2D eigenvalue weighted by atomic mass is 16.5. The minimum Gasteiger partial charge on any atom is -0.508 e. The van der Waals surface area contributed by atoms with Crippen LogP contribution >= 0.6 is 0 Å². The van der Waals surface area contributed by atoms with E-state index >= 15 is 0 Å². The number of ether oxygens (including phenoxy) is 1. The fourth-order valence-electron chi connectivity index (χ4n) is 2.00. The molecule has 21 heavy (non-hydrogen) atoms. The van der Waals surface area contributed by atoms with Crippen molar-refractivity contribution >= 4 is 16.7 Å². The topological polar surface area (TPSA) is 85.1 Å². The molecule has 0 bridgehead atoms. The molecule has 0 saturated carbocycles. The van der Waals surface area contributed by atoms with Gasteiger partial charge in [0.25, 0.3) is 0 Å². The highest BCUT2D eigenvalue weighted by molar-refractivity contribution is 5.90. The minimum atomic E-state index is 0.177. The van der Waals surface area contributed by atoms with Crippen LogP contribution in [-0.4, -0.2) is 44.9 Å². The number of imidazole rings is 1. The molecule has 0 fully saturated rings. The lowest BCUT2D eigenvalue weighted by molar-refractivity contribution is 0.210. The zero-order chi connectivity index (χ0) is 14.7. The van der Waals surface area contributed by atoms with Crippen molar-refractivity contribution in [3.8, 4) is 11.7 Å². The summed E-state index contributed by atoms with van der Waals surface area (Å²) in [4.78, 5) is 13.0. The van der Waals surface area contributed by atoms with Crippen LogP contribution in [0.15, 0.2) is 36.9 Å². The third-order valence-electron chi connectivity index (χ3n) is 3.00. The molecule has 0 amide bonds. The molecular formula is C14H15N5O2. The van der Waals surface area contributed by atoms with Crippen LogP contribution in [0.2, 0.25) is 0 Å². The Balaban J connectivity index is 2.09. The SMILES string of the molecule is COCCNc1nc(-n2ccnc2)nc2ccc(O)cc12. The molecule has 0 atom stereocenters. The van der Waals surface area contributed by atoms with E-state index in [4.69, 9.17) is 4.74 Å². The molecule has 108 valence electrons. The highest BCUT2D eigenvalue weighted by Crippen LogP contribution is 2.25. The Kier molecular flexibility index (Phi) is 3.65. The minimum absolute atomic E-state index is 0.177. The van der Waals surface area contributed by atoms with Crippen LogP contribution < -0.4 is 5.32 Å². The van der Waals surface area contributed by atoms with Gasteiger partial charge < -0.3 is 15.2 Å². The maximum absolute atomic E-state index is 9.66. The number of nitrogens with one attached hydrogen (secondary N) is 1. The van der Waals surface area contributed by atoms with Crippen LogP contribution in [-0.2, 0) is 4.74 Å². The first-order valence-electron chi connectivity index (χ1n) is 6.50. The molecule has 2 N–H and O–H groups in total. The maximum atomic E-state index is 9.66. The average Bonchev–Trinajstić information content (AvgIpc) is 3.02. The summed E-state index contributed by atoms with van der Waals surface area (Å²) in [5.74, 6) is 1.35. The molecule has 7 nitrogen and oxygen atoms in total. The highest BCUT2D eigenvalue weighted by Gasteiger charge is 2.09. The Hall–Kier alpha value is -2.67. The number of aromatic nitrogens is 4. The van der Waals surface area contributed by atoms with E-state index in [0.29, 0.717) is 24.9 Å². The molecule has 3 rings (SSSR count). The van der Waals surface area contributed by atoms with Gasteiger partial charge in [-0.25, -0.2) is 9.97 Å². The van der Waals surface area contributed by atoms with Crippen molar-refractivity contribution in [3.63, 3.8) is 0 Å². The van der Waals surface area contributed by atoms with Gasteiger partial charge in [0.1, 0.15) is 17.9 Å². The van der Waals surface area contributed by atoms with Crippen molar-refractivity contribution in [1.29, 1.82) is 0 Å². The summed E-state index contributed by atoms with van der Waals surface area (Å²) in [5.41, 5.74) is 0.742. The molecule has 2 aromatic heterocycles.